The molecule has 5 heteroatoms. The minimum atomic E-state index is -0.954. The number of nitrogens with zero attached hydrogens (tertiary/aromatic N) is 1. The summed E-state index contributed by atoms with van der Waals surface area (Å²) >= 11 is 0. The lowest BCUT2D eigenvalue weighted by Crippen LogP contribution is -2.49. The van der Waals surface area contributed by atoms with Crippen LogP contribution in [0.5, 0.6) is 0 Å². The number of hydrogen-bond acceptors (Lipinski definition) is 4. The van der Waals surface area contributed by atoms with Crippen LogP contribution in [-0.2, 0) is 14.5 Å². The van der Waals surface area contributed by atoms with Gasteiger partial charge >= 0.3 is 5.91 Å². The number of hydroxylamine groups is 3. The molecule has 0 spiro atoms. The lowest BCUT2D eigenvalue weighted by atomic mass is 10.2. The third-order valence-electron chi connectivity index (χ3n) is 1.99. The van der Waals surface area contributed by atoms with E-state index < -0.39 is 10.9 Å². The molecule has 0 bridgehead atoms. The van der Waals surface area contributed by atoms with Crippen molar-refractivity contribution >= 4 is 5.91 Å². The van der Waals surface area contributed by atoms with Crippen molar-refractivity contribution in [1.29, 1.82) is 0 Å². The average Bonchev–Trinajstić information content (AvgIpc) is 2.33. The van der Waals surface area contributed by atoms with E-state index in [2.05, 4.69) is 0 Å². The molecule has 1 amide bonds. The van der Waals surface area contributed by atoms with Crippen molar-refractivity contribution in [3.63, 3.8) is 0 Å². The first-order valence-corrected chi connectivity index (χ1v) is 4.36. The van der Waals surface area contributed by atoms with Gasteiger partial charge in [0.25, 0.3) is 0 Å². The molecule has 0 fully saturated rings. The molecule has 0 unspecified atom stereocenters. The highest BCUT2D eigenvalue weighted by Gasteiger charge is 2.43. The normalized spacial score (nSPS) is 11.4. The van der Waals surface area contributed by atoms with Gasteiger partial charge in [0.15, 0.2) is 4.97 Å². The highest BCUT2D eigenvalue weighted by Crippen LogP contribution is 2.15. The average molecular weight is 212 g/mol. The quantitative estimate of drug-likeness (QED) is 0.558. The van der Waals surface area contributed by atoms with E-state index in [1.54, 1.807) is 24.3 Å². The minimum Gasteiger partial charge on any atom is -0.214 e. The maximum Gasteiger partial charge on any atom is 0.446 e. The van der Waals surface area contributed by atoms with Gasteiger partial charge in [0.05, 0.1) is 5.56 Å². The van der Waals surface area contributed by atoms with Crippen LogP contribution in [0.15, 0.2) is 30.3 Å². The predicted octanol–water partition coefficient (Wildman–Crippen LogP) is 1.33. The van der Waals surface area contributed by atoms with Crippen molar-refractivity contribution in [1.82, 2.24) is 0 Å². The molecule has 0 heterocycles. The number of hydrogen-bond donors (Lipinski definition) is 0. The van der Waals surface area contributed by atoms with Gasteiger partial charge in [0, 0.05) is 0 Å². The molecule has 0 aliphatic carbocycles. The van der Waals surface area contributed by atoms with Crippen molar-refractivity contribution in [3.8, 4) is 0 Å². The summed E-state index contributed by atoms with van der Waals surface area (Å²) in [6.45, 7) is 0. The Kier molecular flexibility index (Phi) is 3.93. The summed E-state index contributed by atoms with van der Waals surface area (Å²) in [5.41, 5.74) is 0.447. The molecule has 0 radical (unpaired) electrons. The molecule has 15 heavy (non-hydrogen) atoms. The van der Waals surface area contributed by atoms with E-state index in [4.69, 9.17) is 14.5 Å². The second kappa shape index (κ2) is 4.99. The molecule has 1 aromatic rings. The van der Waals surface area contributed by atoms with Gasteiger partial charge in [-0.1, -0.05) is 18.2 Å². The van der Waals surface area contributed by atoms with Gasteiger partial charge in [-0.25, -0.2) is 4.79 Å². The van der Waals surface area contributed by atoms with Crippen molar-refractivity contribution in [2.45, 2.75) is 0 Å². The van der Waals surface area contributed by atoms with Gasteiger partial charge in [-0.3, -0.25) is 0 Å². The molecule has 1 rings (SSSR count). The lowest BCUT2D eigenvalue weighted by molar-refractivity contribution is -1.31. The van der Waals surface area contributed by atoms with Gasteiger partial charge in [-0.2, -0.15) is 0 Å². The van der Waals surface area contributed by atoms with E-state index in [1.807, 2.05) is 6.07 Å². The molecule has 0 aliphatic heterocycles. The zero-order valence-electron chi connectivity index (χ0n) is 8.97. The van der Waals surface area contributed by atoms with Crippen molar-refractivity contribution < 1.29 is 24.3 Å². The van der Waals surface area contributed by atoms with Crippen LogP contribution < -0.4 is 0 Å². The maximum absolute atomic E-state index is 12.0. The molecular weight excluding hydrogens is 198 g/mol. The molecule has 0 N–H and O–H groups in total. The summed E-state index contributed by atoms with van der Waals surface area (Å²) < 4.78 is 0. The summed E-state index contributed by atoms with van der Waals surface area (Å²) in [5, 5.41) is 0. The molecule has 82 valence electrons. The number of benzene rings is 1. The summed E-state index contributed by atoms with van der Waals surface area (Å²) in [6.07, 6.45) is 0. The number of carbonyl (C=O) groups is 1. The van der Waals surface area contributed by atoms with Crippen molar-refractivity contribution in [2.24, 2.45) is 0 Å². The molecular formula is C10H14NO4+. The van der Waals surface area contributed by atoms with Crippen LogP contribution in [0.4, 0.5) is 0 Å². The monoisotopic (exact) mass is 212 g/mol. The minimum absolute atomic E-state index is 0.428. The second-order valence-corrected chi connectivity index (χ2v) is 2.72. The Balaban J connectivity index is 3.01. The van der Waals surface area contributed by atoms with E-state index in [-0.39, 0.29) is 0 Å². The van der Waals surface area contributed by atoms with E-state index in [0.29, 0.717) is 5.56 Å². The van der Waals surface area contributed by atoms with Crippen molar-refractivity contribution in [3.05, 3.63) is 35.9 Å². The highest BCUT2D eigenvalue weighted by molar-refractivity contribution is 5.87. The number of rotatable bonds is 4. The van der Waals surface area contributed by atoms with Crippen LogP contribution in [0, 0.1) is 0 Å². The lowest BCUT2D eigenvalue weighted by Gasteiger charge is -2.21. The molecule has 0 aromatic heterocycles. The third-order valence-corrected chi connectivity index (χ3v) is 1.99. The van der Waals surface area contributed by atoms with E-state index >= 15 is 0 Å². The van der Waals surface area contributed by atoms with Crippen LogP contribution in [0.25, 0.3) is 0 Å². The summed E-state index contributed by atoms with van der Waals surface area (Å²) in [6, 6.07) is 8.64. The van der Waals surface area contributed by atoms with Gasteiger partial charge in [0.1, 0.15) is 21.3 Å². The molecule has 5 nitrogen and oxygen atoms in total. The first-order valence-electron chi connectivity index (χ1n) is 4.36. The van der Waals surface area contributed by atoms with E-state index in [1.165, 1.54) is 21.3 Å². The van der Waals surface area contributed by atoms with Gasteiger partial charge in [-0.05, 0) is 12.1 Å². The zero-order chi connectivity index (χ0) is 11.3. The fourth-order valence-corrected chi connectivity index (χ4v) is 1.21. The van der Waals surface area contributed by atoms with Gasteiger partial charge in [0.2, 0.25) is 0 Å². The Morgan fingerprint density at radius 2 is 1.47 bits per heavy atom. The first kappa shape index (κ1) is 11.8. The fourth-order valence-electron chi connectivity index (χ4n) is 1.21. The predicted molar refractivity (Wildman–Crippen MR) is 52.1 cm³/mol. The summed E-state index contributed by atoms with van der Waals surface area (Å²) in [5.74, 6) is -0.428. The van der Waals surface area contributed by atoms with Crippen LogP contribution in [0.2, 0.25) is 0 Å². The van der Waals surface area contributed by atoms with Crippen molar-refractivity contribution in [2.75, 3.05) is 21.3 Å². The van der Waals surface area contributed by atoms with Gasteiger partial charge in [-0.15, -0.1) is 14.5 Å². The first-order chi connectivity index (χ1) is 7.20. The Hall–Kier alpha value is -1.27. The maximum atomic E-state index is 12.0. The highest BCUT2D eigenvalue weighted by atomic mass is 17.2. The van der Waals surface area contributed by atoms with Crippen LogP contribution in [0.1, 0.15) is 10.4 Å². The molecule has 0 saturated carbocycles. The van der Waals surface area contributed by atoms with Crippen LogP contribution in [0.3, 0.4) is 0 Å². The van der Waals surface area contributed by atoms with E-state index in [9.17, 15) is 4.79 Å². The van der Waals surface area contributed by atoms with Crippen LogP contribution in [-0.4, -0.2) is 32.2 Å². The second-order valence-electron chi connectivity index (χ2n) is 2.72. The van der Waals surface area contributed by atoms with E-state index in [0.717, 1.165) is 0 Å². The third kappa shape index (κ3) is 2.21. The van der Waals surface area contributed by atoms with Gasteiger partial charge < -0.3 is 0 Å². The Bertz CT molecular complexity index is 313. The Labute approximate surface area is 88.2 Å². The number of quaternary nitrogens is 1. The zero-order valence-corrected chi connectivity index (χ0v) is 8.97. The smallest absolute Gasteiger partial charge is 0.214 e. The summed E-state index contributed by atoms with van der Waals surface area (Å²) in [7, 11) is 3.98. The molecule has 1 aromatic carbocycles. The topological polar surface area (TPSA) is 44.8 Å². The summed E-state index contributed by atoms with van der Waals surface area (Å²) in [4.78, 5) is 25.7. The molecule has 0 saturated heterocycles. The standard InChI is InChI=1S/C10H14NO4/c1-13-11(14-2,15-3)10(12)9-7-5-4-6-8-9/h4-8H,1-3H3/q+1. The molecule has 0 aliphatic rings. The Morgan fingerprint density at radius 3 is 1.87 bits per heavy atom. The SMILES string of the molecule is CO[N+](OC)(OC)C(=O)c1ccccc1. The largest absolute Gasteiger partial charge is 0.446 e. The van der Waals surface area contributed by atoms with Crippen LogP contribution >= 0.6 is 0 Å². The molecule has 0 atom stereocenters. The fraction of sp³-hybridized carbons (Fsp3) is 0.300. The Morgan fingerprint density at radius 1 is 1.00 bits per heavy atom. The number of amides is 1. The number of carbonyl (C=O) groups excluding carboxylic acids is 1.